The zero-order valence-corrected chi connectivity index (χ0v) is 7.29. The minimum Gasteiger partial charge on any atom is -0.391 e. The largest absolute Gasteiger partial charge is 0.391 e. The summed E-state index contributed by atoms with van der Waals surface area (Å²) >= 11 is 1.58. The highest BCUT2D eigenvalue weighted by Crippen LogP contribution is 2.20. The fourth-order valence-electron chi connectivity index (χ4n) is 1.18. The van der Waals surface area contributed by atoms with Crippen molar-refractivity contribution in [2.45, 2.75) is 6.61 Å². The van der Waals surface area contributed by atoms with Crippen molar-refractivity contribution in [3.8, 4) is 5.69 Å². The number of rotatable bonds is 2. The molecule has 2 rings (SSSR count). The first-order chi connectivity index (χ1) is 5.92. The van der Waals surface area contributed by atoms with Crippen molar-refractivity contribution < 1.29 is 5.11 Å². The van der Waals surface area contributed by atoms with E-state index in [0.29, 0.717) is 0 Å². The van der Waals surface area contributed by atoms with Crippen LogP contribution in [0, 0.1) is 0 Å². The maximum Gasteiger partial charge on any atom is 0.0795 e. The normalized spacial score (nSPS) is 10.4. The van der Waals surface area contributed by atoms with E-state index in [9.17, 15) is 0 Å². The first kappa shape index (κ1) is 7.58. The Morgan fingerprint density at radius 3 is 2.75 bits per heavy atom. The summed E-state index contributed by atoms with van der Waals surface area (Å²) in [5.41, 5.74) is 1.08. The predicted octanol–water partition coefficient (Wildman–Crippen LogP) is 2.03. The van der Waals surface area contributed by atoms with Crippen LogP contribution in [0.1, 0.15) is 4.88 Å². The summed E-state index contributed by atoms with van der Waals surface area (Å²) in [6.45, 7) is 0.116. The topological polar surface area (TPSA) is 25.2 Å². The Hall–Kier alpha value is -1.06. The standard InChI is InChI=1S/C9H9NOS/c11-7-9-8(3-6-12-9)10-4-1-2-5-10/h1-6,11H,7H2. The first-order valence-electron chi connectivity index (χ1n) is 3.72. The molecule has 2 heterocycles. The molecule has 3 heteroatoms. The van der Waals surface area contributed by atoms with Gasteiger partial charge in [0.15, 0.2) is 0 Å². The third kappa shape index (κ3) is 1.17. The van der Waals surface area contributed by atoms with Gasteiger partial charge < -0.3 is 9.67 Å². The maximum absolute atomic E-state index is 9.00. The third-order valence-corrected chi connectivity index (χ3v) is 2.64. The molecular formula is C9H9NOS. The average molecular weight is 179 g/mol. The number of aromatic nitrogens is 1. The average Bonchev–Trinajstić information content (AvgIpc) is 2.74. The number of hydrogen-bond acceptors (Lipinski definition) is 2. The van der Waals surface area contributed by atoms with Crippen LogP contribution < -0.4 is 0 Å². The highest BCUT2D eigenvalue weighted by atomic mass is 32.1. The van der Waals surface area contributed by atoms with Gasteiger partial charge in [-0.05, 0) is 23.6 Å². The van der Waals surface area contributed by atoms with Crippen molar-refractivity contribution in [1.29, 1.82) is 0 Å². The Bertz CT molecular complexity index is 350. The highest BCUT2D eigenvalue weighted by molar-refractivity contribution is 7.10. The van der Waals surface area contributed by atoms with E-state index in [2.05, 4.69) is 0 Å². The number of aliphatic hydroxyl groups excluding tert-OH is 1. The van der Waals surface area contributed by atoms with Crippen LogP contribution in [-0.4, -0.2) is 9.67 Å². The zero-order chi connectivity index (χ0) is 8.39. The molecule has 0 saturated carbocycles. The molecule has 0 aliphatic carbocycles. The molecule has 0 saturated heterocycles. The van der Waals surface area contributed by atoms with E-state index >= 15 is 0 Å². The van der Waals surface area contributed by atoms with Crippen LogP contribution in [-0.2, 0) is 6.61 Å². The van der Waals surface area contributed by atoms with Gasteiger partial charge >= 0.3 is 0 Å². The van der Waals surface area contributed by atoms with Crippen LogP contribution in [0.25, 0.3) is 5.69 Å². The van der Waals surface area contributed by atoms with Gasteiger partial charge in [-0.1, -0.05) is 0 Å². The molecular weight excluding hydrogens is 170 g/mol. The molecule has 0 spiro atoms. The minimum atomic E-state index is 0.116. The molecule has 0 aliphatic heterocycles. The van der Waals surface area contributed by atoms with Crippen molar-refractivity contribution in [1.82, 2.24) is 4.57 Å². The molecule has 0 radical (unpaired) electrons. The van der Waals surface area contributed by atoms with Gasteiger partial charge in [0, 0.05) is 12.4 Å². The second kappa shape index (κ2) is 3.13. The number of nitrogens with zero attached hydrogens (tertiary/aromatic N) is 1. The molecule has 12 heavy (non-hydrogen) atoms. The Kier molecular flexibility index (Phi) is 1.98. The molecule has 2 aromatic rings. The minimum absolute atomic E-state index is 0.116. The van der Waals surface area contributed by atoms with Gasteiger partial charge in [-0.2, -0.15) is 0 Å². The van der Waals surface area contributed by atoms with Crippen LogP contribution in [0.5, 0.6) is 0 Å². The van der Waals surface area contributed by atoms with E-state index in [-0.39, 0.29) is 6.61 Å². The Balaban J connectivity index is 2.46. The summed E-state index contributed by atoms with van der Waals surface area (Å²) in [6, 6.07) is 5.95. The lowest BCUT2D eigenvalue weighted by Gasteiger charge is -2.00. The van der Waals surface area contributed by atoms with Crippen LogP contribution in [0.2, 0.25) is 0 Å². The molecule has 0 unspecified atom stereocenters. The third-order valence-electron chi connectivity index (χ3n) is 1.75. The van der Waals surface area contributed by atoms with Crippen molar-refractivity contribution in [3.63, 3.8) is 0 Å². The summed E-state index contributed by atoms with van der Waals surface area (Å²) in [5.74, 6) is 0. The summed E-state index contributed by atoms with van der Waals surface area (Å²) < 4.78 is 2.00. The van der Waals surface area contributed by atoms with E-state index in [0.717, 1.165) is 10.6 Å². The van der Waals surface area contributed by atoms with Crippen LogP contribution in [0.3, 0.4) is 0 Å². The Morgan fingerprint density at radius 1 is 1.33 bits per heavy atom. The number of thiophene rings is 1. The van der Waals surface area contributed by atoms with Gasteiger partial charge in [-0.3, -0.25) is 0 Å². The molecule has 0 aromatic carbocycles. The molecule has 2 aromatic heterocycles. The van der Waals surface area contributed by atoms with E-state index in [1.54, 1.807) is 11.3 Å². The fourth-order valence-corrected chi connectivity index (χ4v) is 1.91. The van der Waals surface area contributed by atoms with E-state index in [1.807, 2.05) is 40.5 Å². The lowest BCUT2D eigenvalue weighted by atomic mass is 10.4. The van der Waals surface area contributed by atoms with Crippen molar-refractivity contribution in [2.75, 3.05) is 0 Å². The van der Waals surface area contributed by atoms with Gasteiger partial charge in [0.25, 0.3) is 0 Å². The highest BCUT2D eigenvalue weighted by Gasteiger charge is 2.02. The summed E-state index contributed by atoms with van der Waals surface area (Å²) in [6.07, 6.45) is 3.95. The van der Waals surface area contributed by atoms with Gasteiger partial charge in [0.1, 0.15) is 0 Å². The number of hydrogen-bond donors (Lipinski definition) is 1. The van der Waals surface area contributed by atoms with Crippen molar-refractivity contribution in [3.05, 3.63) is 40.8 Å². The van der Waals surface area contributed by atoms with Gasteiger partial charge in [0.05, 0.1) is 17.2 Å². The monoisotopic (exact) mass is 179 g/mol. The van der Waals surface area contributed by atoms with Gasteiger partial charge in [-0.25, -0.2) is 0 Å². The second-order valence-corrected chi connectivity index (χ2v) is 3.48. The van der Waals surface area contributed by atoms with E-state index < -0.39 is 0 Å². The summed E-state index contributed by atoms with van der Waals surface area (Å²) in [7, 11) is 0. The molecule has 0 fully saturated rings. The molecule has 2 nitrogen and oxygen atoms in total. The van der Waals surface area contributed by atoms with Crippen LogP contribution in [0.15, 0.2) is 36.0 Å². The first-order valence-corrected chi connectivity index (χ1v) is 4.60. The molecule has 1 N–H and O–H groups in total. The predicted molar refractivity (Wildman–Crippen MR) is 49.6 cm³/mol. The fraction of sp³-hybridized carbons (Fsp3) is 0.111. The quantitative estimate of drug-likeness (QED) is 0.749. The van der Waals surface area contributed by atoms with Gasteiger partial charge in [0.2, 0.25) is 0 Å². The van der Waals surface area contributed by atoms with Crippen molar-refractivity contribution >= 4 is 11.3 Å². The molecule has 62 valence electrons. The van der Waals surface area contributed by atoms with E-state index in [4.69, 9.17) is 5.11 Å². The lowest BCUT2D eigenvalue weighted by molar-refractivity contribution is 0.285. The molecule has 0 atom stereocenters. The summed E-state index contributed by atoms with van der Waals surface area (Å²) in [4.78, 5) is 1.01. The number of aliphatic hydroxyl groups is 1. The summed E-state index contributed by atoms with van der Waals surface area (Å²) in [5, 5.41) is 11.0. The second-order valence-electron chi connectivity index (χ2n) is 2.48. The Morgan fingerprint density at radius 2 is 2.08 bits per heavy atom. The maximum atomic E-state index is 9.00. The van der Waals surface area contributed by atoms with Crippen LogP contribution in [0.4, 0.5) is 0 Å². The molecule has 0 amide bonds. The zero-order valence-electron chi connectivity index (χ0n) is 6.47. The lowest BCUT2D eigenvalue weighted by Crippen LogP contribution is -1.91. The van der Waals surface area contributed by atoms with Gasteiger partial charge in [-0.15, -0.1) is 11.3 Å². The van der Waals surface area contributed by atoms with E-state index in [1.165, 1.54) is 0 Å². The molecule has 0 aliphatic rings. The van der Waals surface area contributed by atoms with Crippen LogP contribution >= 0.6 is 11.3 Å². The molecule has 0 bridgehead atoms. The SMILES string of the molecule is OCc1sccc1-n1cccc1. The smallest absolute Gasteiger partial charge is 0.0795 e. The Labute approximate surface area is 74.7 Å². The van der Waals surface area contributed by atoms with Crippen molar-refractivity contribution in [2.24, 2.45) is 0 Å².